The lowest BCUT2D eigenvalue weighted by atomic mass is 10.00. The van der Waals surface area contributed by atoms with Crippen molar-refractivity contribution in [2.24, 2.45) is 0 Å². The number of halogens is 1. The Bertz CT molecular complexity index is 1130. The monoisotopic (exact) mass is 374 g/mol. The van der Waals surface area contributed by atoms with Crippen molar-refractivity contribution >= 4 is 16.9 Å². The Labute approximate surface area is 162 Å². The highest BCUT2D eigenvalue weighted by Gasteiger charge is 2.11. The molecule has 0 aliphatic heterocycles. The Kier molecular flexibility index (Phi) is 4.89. The predicted molar refractivity (Wildman–Crippen MR) is 107 cm³/mol. The Morgan fingerprint density at radius 2 is 1.86 bits per heavy atom. The van der Waals surface area contributed by atoms with Crippen molar-refractivity contribution in [3.63, 3.8) is 0 Å². The van der Waals surface area contributed by atoms with Crippen molar-refractivity contribution in [1.29, 1.82) is 0 Å². The fourth-order valence-corrected chi connectivity index (χ4v) is 3.23. The molecule has 0 aliphatic rings. The summed E-state index contributed by atoms with van der Waals surface area (Å²) in [6.07, 6.45) is 1.98. The van der Waals surface area contributed by atoms with E-state index in [4.69, 9.17) is 4.74 Å². The Morgan fingerprint density at radius 3 is 2.64 bits per heavy atom. The number of benzene rings is 3. The van der Waals surface area contributed by atoms with E-state index in [1.54, 1.807) is 25.1 Å². The molecule has 0 atom stereocenters. The third-order valence-electron chi connectivity index (χ3n) is 4.54. The van der Waals surface area contributed by atoms with Crippen LogP contribution >= 0.6 is 0 Å². The van der Waals surface area contributed by atoms with Gasteiger partial charge in [-0.3, -0.25) is 4.68 Å². The minimum Gasteiger partial charge on any atom is -0.462 e. The smallest absolute Gasteiger partial charge is 0.338 e. The molecule has 28 heavy (non-hydrogen) atoms. The van der Waals surface area contributed by atoms with E-state index in [1.165, 1.54) is 12.1 Å². The lowest BCUT2D eigenvalue weighted by Gasteiger charge is -2.06. The Hall–Kier alpha value is -3.47. The SMILES string of the molecule is CCOC(=O)c1cccc(-c2cccc3nn(Cc4ccc(F)cc4)cc23)c1. The zero-order valence-electron chi connectivity index (χ0n) is 15.4. The summed E-state index contributed by atoms with van der Waals surface area (Å²) in [6, 6.07) is 19.7. The van der Waals surface area contributed by atoms with Crippen LogP contribution in [-0.2, 0) is 11.3 Å². The summed E-state index contributed by atoms with van der Waals surface area (Å²) in [6.45, 7) is 2.68. The van der Waals surface area contributed by atoms with Gasteiger partial charge in [0.2, 0.25) is 0 Å². The highest BCUT2D eigenvalue weighted by atomic mass is 19.1. The average molecular weight is 374 g/mol. The Balaban J connectivity index is 1.70. The topological polar surface area (TPSA) is 44.1 Å². The molecule has 4 nitrogen and oxygen atoms in total. The first-order valence-electron chi connectivity index (χ1n) is 9.12. The van der Waals surface area contributed by atoms with Crippen molar-refractivity contribution < 1.29 is 13.9 Å². The molecule has 3 aromatic carbocycles. The number of esters is 1. The maximum absolute atomic E-state index is 13.1. The van der Waals surface area contributed by atoms with Crippen LogP contribution in [0.1, 0.15) is 22.8 Å². The van der Waals surface area contributed by atoms with Crippen molar-refractivity contribution in [1.82, 2.24) is 9.78 Å². The normalized spacial score (nSPS) is 10.9. The number of ether oxygens (including phenoxy) is 1. The van der Waals surface area contributed by atoms with Gasteiger partial charge in [-0.15, -0.1) is 0 Å². The molecule has 0 spiro atoms. The van der Waals surface area contributed by atoms with Crippen LogP contribution in [0.15, 0.2) is 72.9 Å². The number of aromatic nitrogens is 2. The maximum Gasteiger partial charge on any atom is 0.338 e. The number of hydrogen-bond donors (Lipinski definition) is 0. The molecule has 1 heterocycles. The zero-order chi connectivity index (χ0) is 19.5. The molecular formula is C23H19FN2O2. The van der Waals surface area contributed by atoms with Crippen LogP contribution in [0.25, 0.3) is 22.0 Å². The predicted octanol–water partition coefficient (Wildman–Crippen LogP) is 5.07. The maximum atomic E-state index is 13.1. The first-order valence-corrected chi connectivity index (χ1v) is 9.12. The number of carbonyl (C=O) groups excluding carboxylic acids is 1. The van der Waals surface area contributed by atoms with Crippen LogP contribution < -0.4 is 0 Å². The lowest BCUT2D eigenvalue weighted by molar-refractivity contribution is 0.0526. The van der Waals surface area contributed by atoms with Gasteiger partial charge in [-0.25, -0.2) is 9.18 Å². The molecule has 0 saturated heterocycles. The molecule has 0 amide bonds. The van der Waals surface area contributed by atoms with Gasteiger partial charge in [-0.1, -0.05) is 36.4 Å². The second-order valence-corrected chi connectivity index (χ2v) is 6.49. The van der Waals surface area contributed by atoms with E-state index < -0.39 is 0 Å². The second kappa shape index (κ2) is 7.64. The molecule has 4 rings (SSSR count). The molecule has 0 unspecified atom stereocenters. The highest BCUT2D eigenvalue weighted by molar-refractivity contribution is 5.97. The molecule has 0 bridgehead atoms. The number of hydrogen-bond acceptors (Lipinski definition) is 3. The summed E-state index contributed by atoms with van der Waals surface area (Å²) < 4.78 is 20.1. The van der Waals surface area contributed by atoms with Crippen LogP contribution in [0.5, 0.6) is 0 Å². The average Bonchev–Trinajstić information content (AvgIpc) is 3.12. The molecule has 0 aliphatic carbocycles. The molecular weight excluding hydrogens is 355 g/mol. The fraction of sp³-hybridized carbons (Fsp3) is 0.130. The minimum absolute atomic E-state index is 0.252. The van der Waals surface area contributed by atoms with Crippen molar-refractivity contribution in [3.05, 3.63) is 89.9 Å². The van der Waals surface area contributed by atoms with Crippen molar-refractivity contribution in [3.8, 4) is 11.1 Å². The van der Waals surface area contributed by atoms with E-state index in [1.807, 2.05) is 47.3 Å². The largest absolute Gasteiger partial charge is 0.462 e. The zero-order valence-corrected chi connectivity index (χ0v) is 15.4. The van der Waals surface area contributed by atoms with Gasteiger partial charge in [0.1, 0.15) is 5.82 Å². The van der Waals surface area contributed by atoms with Gasteiger partial charge in [0.05, 0.1) is 24.2 Å². The number of rotatable bonds is 5. The highest BCUT2D eigenvalue weighted by Crippen LogP contribution is 2.29. The van der Waals surface area contributed by atoms with Crippen LogP contribution in [0.2, 0.25) is 0 Å². The molecule has 4 aromatic rings. The summed E-state index contributed by atoms with van der Waals surface area (Å²) in [5.41, 5.74) is 4.28. The number of carbonyl (C=O) groups is 1. The van der Waals surface area contributed by atoms with Gasteiger partial charge in [0.15, 0.2) is 0 Å². The van der Waals surface area contributed by atoms with E-state index in [-0.39, 0.29) is 11.8 Å². The third-order valence-corrected chi connectivity index (χ3v) is 4.54. The minimum atomic E-state index is -0.330. The molecule has 0 fully saturated rings. The molecule has 1 aromatic heterocycles. The van der Waals surface area contributed by atoms with E-state index in [9.17, 15) is 9.18 Å². The summed E-state index contributed by atoms with van der Waals surface area (Å²) >= 11 is 0. The van der Waals surface area contributed by atoms with Gasteiger partial charge in [0.25, 0.3) is 0 Å². The standard InChI is InChI=1S/C23H19FN2O2/c1-2-28-23(27)18-6-3-5-17(13-18)20-7-4-8-22-21(20)15-26(25-22)14-16-9-11-19(24)12-10-16/h3-13,15H,2,14H2,1H3. The van der Waals surface area contributed by atoms with E-state index in [2.05, 4.69) is 5.10 Å². The van der Waals surface area contributed by atoms with Crippen molar-refractivity contribution in [2.45, 2.75) is 13.5 Å². The second-order valence-electron chi connectivity index (χ2n) is 6.49. The van der Waals surface area contributed by atoms with Gasteiger partial charge >= 0.3 is 5.97 Å². The quantitative estimate of drug-likeness (QED) is 0.458. The van der Waals surface area contributed by atoms with Gasteiger partial charge in [-0.05, 0) is 53.9 Å². The molecule has 140 valence electrons. The first-order chi connectivity index (χ1) is 13.6. The molecule has 0 N–H and O–H groups in total. The molecule has 0 saturated carbocycles. The number of fused-ring (bicyclic) bond motifs is 1. The Morgan fingerprint density at radius 1 is 1.07 bits per heavy atom. The summed E-state index contributed by atoms with van der Waals surface area (Å²) in [5.74, 6) is -0.582. The van der Waals surface area contributed by atoms with E-state index in [0.29, 0.717) is 18.7 Å². The molecule has 5 heteroatoms. The van der Waals surface area contributed by atoms with Crippen LogP contribution in [0.4, 0.5) is 4.39 Å². The van der Waals surface area contributed by atoms with Gasteiger partial charge in [-0.2, -0.15) is 5.10 Å². The summed E-state index contributed by atoms with van der Waals surface area (Å²) in [7, 11) is 0. The van der Waals surface area contributed by atoms with Crippen LogP contribution in [-0.4, -0.2) is 22.4 Å². The summed E-state index contributed by atoms with van der Waals surface area (Å²) in [5, 5.41) is 5.63. The van der Waals surface area contributed by atoms with Gasteiger partial charge in [0, 0.05) is 11.6 Å². The summed E-state index contributed by atoms with van der Waals surface area (Å²) in [4.78, 5) is 12.1. The van der Waals surface area contributed by atoms with Gasteiger partial charge < -0.3 is 4.74 Å². The lowest BCUT2D eigenvalue weighted by Crippen LogP contribution is -2.04. The van der Waals surface area contributed by atoms with E-state index >= 15 is 0 Å². The number of nitrogens with zero attached hydrogens (tertiary/aromatic N) is 2. The van der Waals surface area contributed by atoms with Crippen LogP contribution in [0.3, 0.4) is 0 Å². The third kappa shape index (κ3) is 3.64. The molecule has 0 radical (unpaired) electrons. The fourth-order valence-electron chi connectivity index (χ4n) is 3.23. The van der Waals surface area contributed by atoms with Crippen LogP contribution in [0, 0.1) is 5.82 Å². The van der Waals surface area contributed by atoms with E-state index in [0.717, 1.165) is 27.6 Å². The first kappa shape index (κ1) is 17.9. The van der Waals surface area contributed by atoms with Crippen molar-refractivity contribution in [2.75, 3.05) is 6.61 Å².